The Hall–Kier alpha value is -2.74. The van der Waals surface area contributed by atoms with Crippen LogP contribution in [0.4, 0.5) is 30.2 Å². The van der Waals surface area contributed by atoms with E-state index >= 15 is 0 Å². The van der Waals surface area contributed by atoms with Gasteiger partial charge in [0, 0.05) is 47.7 Å². The molecule has 2 aromatic rings. The van der Waals surface area contributed by atoms with Crippen LogP contribution < -0.4 is 15.5 Å². The molecule has 5 rings (SSSR count). The topological polar surface area (TPSA) is 47.6 Å². The number of aryl methyl sites for hydroxylation is 1. The molecule has 182 valence electrons. The number of likely N-dealkylation sites (tertiary alicyclic amines) is 1. The van der Waals surface area contributed by atoms with Crippen LogP contribution in [0.1, 0.15) is 36.8 Å². The van der Waals surface area contributed by atoms with Gasteiger partial charge in [0.1, 0.15) is 11.9 Å². The van der Waals surface area contributed by atoms with Crippen molar-refractivity contribution in [3.63, 3.8) is 0 Å². The van der Waals surface area contributed by atoms with Crippen molar-refractivity contribution in [1.29, 1.82) is 0 Å². The molecular weight excluding hydrogens is 441 g/mol. The molecule has 34 heavy (non-hydrogen) atoms. The Kier molecular flexibility index (Phi) is 6.18. The van der Waals surface area contributed by atoms with Crippen LogP contribution in [0.2, 0.25) is 0 Å². The summed E-state index contributed by atoms with van der Waals surface area (Å²) >= 11 is 0. The molecule has 0 bridgehead atoms. The summed E-state index contributed by atoms with van der Waals surface area (Å²) in [6, 6.07) is 10.4. The molecule has 3 aliphatic rings. The molecule has 1 spiro atoms. The van der Waals surface area contributed by atoms with Crippen molar-refractivity contribution in [1.82, 2.24) is 4.90 Å². The Morgan fingerprint density at radius 1 is 1.18 bits per heavy atom. The lowest BCUT2D eigenvalue weighted by atomic mass is 9.84. The fraction of sp³-hybridized carbons (Fsp3) is 0.500. The van der Waals surface area contributed by atoms with Gasteiger partial charge in [-0.1, -0.05) is 12.1 Å². The van der Waals surface area contributed by atoms with Crippen molar-refractivity contribution in [2.45, 2.75) is 57.0 Å². The molecule has 5 nitrogen and oxygen atoms in total. The summed E-state index contributed by atoms with van der Waals surface area (Å²) < 4.78 is 40.2. The summed E-state index contributed by atoms with van der Waals surface area (Å²) in [7, 11) is 0. The molecule has 1 atom stereocenters. The number of halogens is 3. The molecule has 0 aromatic heterocycles. The third-order valence-corrected chi connectivity index (χ3v) is 7.78. The van der Waals surface area contributed by atoms with Gasteiger partial charge in [-0.2, -0.15) is 0 Å². The van der Waals surface area contributed by atoms with E-state index in [2.05, 4.69) is 15.5 Å². The summed E-state index contributed by atoms with van der Waals surface area (Å²) in [5.74, 6) is -0.485. The fourth-order valence-corrected chi connectivity index (χ4v) is 5.93. The van der Waals surface area contributed by atoms with Gasteiger partial charge in [0.2, 0.25) is 5.91 Å². The van der Waals surface area contributed by atoms with Gasteiger partial charge >= 0.3 is 0 Å². The van der Waals surface area contributed by atoms with E-state index in [9.17, 15) is 18.0 Å². The molecule has 2 N–H and O–H groups in total. The molecule has 8 heteroatoms. The predicted molar refractivity (Wildman–Crippen MR) is 128 cm³/mol. The number of fused-ring (bicyclic) bond motifs is 1. The number of benzene rings is 2. The lowest BCUT2D eigenvalue weighted by Crippen LogP contribution is -2.53. The number of rotatable bonds is 5. The highest BCUT2D eigenvalue weighted by molar-refractivity contribution is 5.98. The van der Waals surface area contributed by atoms with E-state index in [4.69, 9.17) is 0 Å². The van der Waals surface area contributed by atoms with Crippen LogP contribution in [0.25, 0.3) is 0 Å². The highest BCUT2D eigenvalue weighted by Crippen LogP contribution is 2.40. The van der Waals surface area contributed by atoms with Crippen LogP contribution in [-0.4, -0.2) is 55.0 Å². The summed E-state index contributed by atoms with van der Waals surface area (Å²) in [6.07, 6.45) is 1.72. The highest BCUT2D eigenvalue weighted by Gasteiger charge is 2.43. The van der Waals surface area contributed by atoms with Crippen LogP contribution in [0.15, 0.2) is 36.4 Å². The van der Waals surface area contributed by atoms with E-state index in [0.717, 1.165) is 56.6 Å². The van der Waals surface area contributed by atoms with Crippen molar-refractivity contribution in [3.05, 3.63) is 53.3 Å². The summed E-state index contributed by atoms with van der Waals surface area (Å²) in [4.78, 5) is 17.2. The zero-order chi connectivity index (χ0) is 23.9. The summed E-state index contributed by atoms with van der Waals surface area (Å²) in [5.41, 5.74) is 3.79. The Balaban J connectivity index is 1.22. The summed E-state index contributed by atoms with van der Waals surface area (Å²) in [6.45, 7) is 4.12. The number of carbonyl (C=O) groups is 1. The van der Waals surface area contributed by atoms with E-state index in [1.54, 1.807) is 6.07 Å². The van der Waals surface area contributed by atoms with Crippen molar-refractivity contribution in [2.75, 3.05) is 41.7 Å². The van der Waals surface area contributed by atoms with Crippen LogP contribution in [0.3, 0.4) is 0 Å². The van der Waals surface area contributed by atoms with Crippen molar-refractivity contribution >= 4 is 23.0 Å². The monoisotopic (exact) mass is 472 g/mol. The molecule has 0 saturated carbocycles. The van der Waals surface area contributed by atoms with Crippen LogP contribution in [-0.2, 0) is 11.2 Å². The fourth-order valence-electron chi connectivity index (χ4n) is 5.93. The largest absolute Gasteiger partial charge is 0.373 e. The first kappa shape index (κ1) is 23.0. The maximum absolute atomic E-state index is 14.2. The Morgan fingerprint density at radius 2 is 1.97 bits per heavy atom. The molecule has 1 unspecified atom stereocenters. The van der Waals surface area contributed by atoms with E-state index in [-0.39, 0.29) is 23.8 Å². The highest BCUT2D eigenvalue weighted by atomic mass is 19.3. The molecule has 0 aliphatic carbocycles. The molecule has 2 saturated heterocycles. The number of carbonyl (C=O) groups excluding carboxylic acids is 1. The zero-order valence-corrected chi connectivity index (χ0v) is 19.4. The Bertz CT molecular complexity index is 1040. The quantitative estimate of drug-likeness (QED) is 0.656. The minimum Gasteiger partial charge on any atom is -0.373 e. The number of nitrogens with one attached hydrogen (secondary N) is 2. The van der Waals surface area contributed by atoms with Gasteiger partial charge in [-0.3, -0.25) is 9.69 Å². The molecule has 3 aliphatic heterocycles. The van der Waals surface area contributed by atoms with Gasteiger partial charge in [-0.15, -0.1) is 0 Å². The van der Waals surface area contributed by atoms with Crippen LogP contribution in [0, 0.1) is 12.7 Å². The van der Waals surface area contributed by atoms with Crippen LogP contribution in [0.5, 0.6) is 0 Å². The number of amides is 1. The second-order valence-electron chi connectivity index (χ2n) is 9.81. The van der Waals surface area contributed by atoms with Crippen molar-refractivity contribution in [3.8, 4) is 0 Å². The van der Waals surface area contributed by atoms with Gasteiger partial charge in [0.05, 0.1) is 6.54 Å². The van der Waals surface area contributed by atoms with E-state index in [0.29, 0.717) is 23.4 Å². The first-order chi connectivity index (χ1) is 16.3. The first-order valence-corrected chi connectivity index (χ1v) is 12.1. The van der Waals surface area contributed by atoms with Crippen LogP contribution >= 0.6 is 0 Å². The average molecular weight is 473 g/mol. The lowest BCUT2D eigenvalue weighted by Gasteiger charge is -2.45. The second kappa shape index (κ2) is 9.13. The number of hydrogen-bond acceptors (Lipinski definition) is 4. The Morgan fingerprint density at radius 3 is 2.71 bits per heavy atom. The molecule has 0 radical (unpaired) electrons. The second-order valence-corrected chi connectivity index (χ2v) is 9.81. The summed E-state index contributed by atoms with van der Waals surface area (Å²) in [5, 5.41) is 6.14. The first-order valence-electron chi connectivity index (χ1n) is 12.1. The normalized spacial score (nSPS) is 21.7. The predicted octanol–water partition coefficient (Wildman–Crippen LogP) is 4.81. The van der Waals surface area contributed by atoms with E-state index < -0.39 is 12.5 Å². The van der Waals surface area contributed by atoms with E-state index in [1.807, 2.05) is 36.1 Å². The number of nitrogens with zero attached hydrogens (tertiary/aromatic N) is 2. The van der Waals surface area contributed by atoms with E-state index in [1.165, 1.54) is 6.07 Å². The SMILES string of the molecule is Cc1ccc(F)c2c1NC(C(=O)Nc1cccc(N3CCC4(CCCN4CC(F)F)CC3)c1)C2. The maximum Gasteiger partial charge on any atom is 0.251 e. The number of anilines is 3. The van der Waals surface area contributed by atoms with Crippen molar-refractivity contribution in [2.24, 2.45) is 0 Å². The maximum atomic E-state index is 14.2. The molecule has 3 heterocycles. The van der Waals surface area contributed by atoms with Gasteiger partial charge < -0.3 is 15.5 Å². The minimum atomic E-state index is -2.30. The number of hydrogen-bond donors (Lipinski definition) is 2. The molecule has 1 amide bonds. The lowest BCUT2D eigenvalue weighted by molar-refractivity contribution is -0.116. The standard InChI is InChI=1S/C26H31F3N4O/c1-17-6-7-21(27)20-15-22(31-24(17)20)25(34)30-18-4-2-5-19(14-18)32-12-9-26(10-13-32)8-3-11-33(26)16-23(28)29/h2,4-7,14,22-23,31H,3,8-13,15-16H2,1H3,(H,30,34). The van der Waals surface area contributed by atoms with Crippen molar-refractivity contribution < 1.29 is 18.0 Å². The smallest absolute Gasteiger partial charge is 0.251 e. The molecule has 2 aromatic carbocycles. The minimum absolute atomic E-state index is 0.102. The molecular formula is C26H31F3N4O. The average Bonchev–Trinajstić information content (AvgIpc) is 3.43. The zero-order valence-electron chi connectivity index (χ0n) is 19.4. The molecule has 2 fully saturated rings. The van der Waals surface area contributed by atoms with Gasteiger partial charge in [-0.25, -0.2) is 13.2 Å². The Labute approximate surface area is 198 Å². The van der Waals surface area contributed by atoms with Gasteiger partial charge in [-0.05, 0) is 69.0 Å². The third kappa shape index (κ3) is 4.35. The third-order valence-electron chi connectivity index (χ3n) is 7.78. The van der Waals surface area contributed by atoms with Gasteiger partial charge in [0.15, 0.2) is 0 Å². The number of alkyl halides is 2. The number of piperidine rings is 1. The van der Waals surface area contributed by atoms with Gasteiger partial charge in [0.25, 0.3) is 6.43 Å².